The van der Waals surface area contributed by atoms with E-state index in [1.54, 1.807) is 18.2 Å². The molecule has 142 valence electrons. The van der Waals surface area contributed by atoms with Crippen molar-refractivity contribution in [2.24, 2.45) is 5.92 Å². The van der Waals surface area contributed by atoms with E-state index in [1.165, 1.54) is 23.1 Å². The lowest BCUT2D eigenvalue weighted by molar-refractivity contribution is -0.137. The molecule has 0 spiro atoms. The monoisotopic (exact) mass is 441 g/mol. The minimum absolute atomic E-state index is 0.278. The van der Waals surface area contributed by atoms with Crippen LogP contribution in [-0.4, -0.2) is 18.4 Å². The molecule has 0 aromatic heterocycles. The molecule has 1 atom stereocenters. The van der Waals surface area contributed by atoms with Gasteiger partial charge >= 0.3 is 6.18 Å². The molecule has 2 aromatic rings. The van der Waals surface area contributed by atoms with Gasteiger partial charge in [-0.1, -0.05) is 34.1 Å². The predicted octanol–water partition coefficient (Wildman–Crippen LogP) is 3.96. The first kappa shape index (κ1) is 19.2. The molecule has 1 unspecified atom stereocenters. The SMILES string of the molecule is O=C(NNc1ccccc1C(F)(F)F)C1CCN(c2cccc(Br)c2)C1=O. The number of rotatable bonds is 4. The molecular formula is C18H15BrF3N3O2. The predicted molar refractivity (Wildman–Crippen MR) is 97.8 cm³/mol. The highest BCUT2D eigenvalue weighted by Crippen LogP contribution is 2.34. The second-order valence-corrected chi connectivity index (χ2v) is 6.88. The first-order valence-electron chi connectivity index (χ1n) is 8.06. The Bertz CT molecular complexity index is 873. The summed E-state index contributed by atoms with van der Waals surface area (Å²) in [6.45, 7) is 0.354. The van der Waals surface area contributed by atoms with E-state index < -0.39 is 29.5 Å². The normalized spacial score (nSPS) is 17.1. The van der Waals surface area contributed by atoms with Crippen molar-refractivity contribution in [1.29, 1.82) is 0 Å². The van der Waals surface area contributed by atoms with Crippen LogP contribution in [0, 0.1) is 5.92 Å². The van der Waals surface area contributed by atoms with Gasteiger partial charge in [0.2, 0.25) is 5.91 Å². The van der Waals surface area contributed by atoms with Crippen molar-refractivity contribution in [1.82, 2.24) is 5.43 Å². The zero-order chi connectivity index (χ0) is 19.6. The van der Waals surface area contributed by atoms with E-state index in [-0.39, 0.29) is 12.1 Å². The maximum Gasteiger partial charge on any atom is 0.418 e. The van der Waals surface area contributed by atoms with E-state index in [9.17, 15) is 22.8 Å². The molecule has 9 heteroatoms. The number of alkyl halides is 3. The average Bonchev–Trinajstić information content (AvgIpc) is 3.01. The molecule has 27 heavy (non-hydrogen) atoms. The largest absolute Gasteiger partial charge is 0.418 e. The molecule has 1 saturated heterocycles. The highest BCUT2D eigenvalue weighted by molar-refractivity contribution is 9.10. The van der Waals surface area contributed by atoms with E-state index in [2.05, 4.69) is 26.8 Å². The summed E-state index contributed by atoms with van der Waals surface area (Å²) in [7, 11) is 0. The maximum absolute atomic E-state index is 13.0. The van der Waals surface area contributed by atoms with Crippen LogP contribution >= 0.6 is 15.9 Å². The topological polar surface area (TPSA) is 61.4 Å². The van der Waals surface area contributed by atoms with E-state index in [0.29, 0.717) is 12.2 Å². The molecule has 2 N–H and O–H groups in total. The van der Waals surface area contributed by atoms with Crippen molar-refractivity contribution >= 4 is 39.1 Å². The molecule has 1 aliphatic heterocycles. The van der Waals surface area contributed by atoms with Gasteiger partial charge < -0.3 is 4.90 Å². The number of hydrazine groups is 1. The third kappa shape index (κ3) is 4.24. The quantitative estimate of drug-likeness (QED) is 0.557. The lowest BCUT2D eigenvalue weighted by atomic mass is 10.1. The maximum atomic E-state index is 13.0. The molecule has 0 radical (unpaired) electrons. The fraction of sp³-hybridized carbons (Fsp3) is 0.222. The van der Waals surface area contributed by atoms with Crippen LogP contribution in [0.3, 0.4) is 0 Å². The molecule has 5 nitrogen and oxygen atoms in total. The minimum atomic E-state index is -4.56. The Morgan fingerprint density at radius 2 is 1.89 bits per heavy atom. The van der Waals surface area contributed by atoms with E-state index in [0.717, 1.165) is 10.5 Å². The lowest BCUT2D eigenvalue weighted by Gasteiger charge is -2.18. The molecule has 1 fully saturated rings. The van der Waals surface area contributed by atoms with Crippen molar-refractivity contribution in [3.63, 3.8) is 0 Å². The van der Waals surface area contributed by atoms with Gasteiger partial charge in [0.15, 0.2) is 0 Å². The third-order valence-electron chi connectivity index (χ3n) is 4.19. The fourth-order valence-corrected chi connectivity index (χ4v) is 3.27. The number of benzene rings is 2. The third-order valence-corrected chi connectivity index (χ3v) is 4.69. The number of halogens is 4. The van der Waals surface area contributed by atoms with Gasteiger partial charge in [-0.25, -0.2) is 0 Å². The number of carbonyl (C=O) groups excluding carboxylic acids is 2. The summed E-state index contributed by atoms with van der Waals surface area (Å²) >= 11 is 3.33. The first-order valence-corrected chi connectivity index (χ1v) is 8.85. The first-order chi connectivity index (χ1) is 12.8. The highest BCUT2D eigenvalue weighted by Gasteiger charge is 2.38. The molecular weight excluding hydrogens is 427 g/mol. The smallest absolute Gasteiger partial charge is 0.312 e. The van der Waals surface area contributed by atoms with Crippen molar-refractivity contribution in [3.8, 4) is 0 Å². The van der Waals surface area contributed by atoms with Gasteiger partial charge in [-0.15, -0.1) is 0 Å². The Kier molecular flexibility index (Phi) is 5.41. The van der Waals surface area contributed by atoms with Crippen molar-refractivity contribution in [2.45, 2.75) is 12.6 Å². The molecule has 0 aliphatic carbocycles. The van der Waals surface area contributed by atoms with Gasteiger partial charge in [-0.3, -0.25) is 20.4 Å². The second kappa shape index (κ2) is 7.59. The minimum Gasteiger partial charge on any atom is -0.312 e. The molecule has 2 amide bonds. The Morgan fingerprint density at radius 1 is 1.15 bits per heavy atom. The van der Waals surface area contributed by atoms with Crippen LogP contribution in [0.15, 0.2) is 53.0 Å². The number of para-hydroxylation sites is 1. The van der Waals surface area contributed by atoms with E-state index in [4.69, 9.17) is 0 Å². The van der Waals surface area contributed by atoms with Crippen molar-refractivity contribution < 1.29 is 22.8 Å². The number of anilines is 2. The summed E-state index contributed by atoms with van der Waals surface area (Å²) in [5.41, 5.74) is 3.97. The van der Waals surface area contributed by atoms with Crippen LogP contribution in [0.4, 0.5) is 24.5 Å². The summed E-state index contributed by atoms with van der Waals surface area (Å²) < 4.78 is 39.8. The molecule has 0 bridgehead atoms. The summed E-state index contributed by atoms with van der Waals surface area (Å²) in [4.78, 5) is 26.3. The zero-order valence-corrected chi connectivity index (χ0v) is 15.5. The van der Waals surface area contributed by atoms with Crippen molar-refractivity contribution in [3.05, 3.63) is 58.6 Å². The zero-order valence-electron chi connectivity index (χ0n) is 13.9. The summed E-state index contributed by atoms with van der Waals surface area (Å²) in [5, 5.41) is 0. The molecule has 1 heterocycles. The second-order valence-electron chi connectivity index (χ2n) is 5.97. The van der Waals surface area contributed by atoms with Gasteiger partial charge in [0.1, 0.15) is 5.92 Å². The number of nitrogens with zero attached hydrogens (tertiary/aromatic N) is 1. The summed E-state index contributed by atoms with van der Waals surface area (Å²) in [5.74, 6) is -2.03. The van der Waals surface area contributed by atoms with Crippen LogP contribution < -0.4 is 15.8 Å². The Morgan fingerprint density at radius 3 is 2.59 bits per heavy atom. The molecule has 2 aromatic carbocycles. The van der Waals surface area contributed by atoms with Crippen LogP contribution in [0.1, 0.15) is 12.0 Å². The lowest BCUT2D eigenvalue weighted by Crippen LogP contribution is -2.39. The van der Waals surface area contributed by atoms with Crippen molar-refractivity contribution in [2.75, 3.05) is 16.9 Å². The van der Waals surface area contributed by atoms with Crippen LogP contribution in [0.25, 0.3) is 0 Å². The average molecular weight is 442 g/mol. The summed E-state index contributed by atoms with van der Waals surface area (Å²) in [6, 6.07) is 11.9. The van der Waals surface area contributed by atoms with E-state index in [1.807, 2.05) is 6.07 Å². The van der Waals surface area contributed by atoms with Gasteiger partial charge in [0, 0.05) is 16.7 Å². The molecule has 1 aliphatic rings. The number of nitrogens with one attached hydrogen (secondary N) is 2. The number of hydrogen-bond donors (Lipinski definition) is 2. The van der Waals surface area contributed by atoms with E-state index >= 15 is 0 Å². The number of carbonyl (C=O) groups is 2. The van der Waals surface area contributed by atoms with Gasteiger partial charge in [-0.2, -0.15) is 13.2 Å². The standard InChI is InChI=1S/C18H15BrF3N3O2/c19-11-4-3-5-12(10-11)25-9-8-13(17(25)27)16(26)24-23-15-7-2-1-6-14(15)18(20,21)22/h1-7,10,13,23H,8-9H2,(H,24,26). The van der Waals surface area contributed by atoms with Gasteiger partial charge in [0.05, 0.1) is 11.3 Å². The highest BCUT2D eigenvalue weighted by atomic mass is 79.9. The van der Waals surface area contributed by atoms with Crippen LogP contribution in [0.2, 0.25) is 0 Å². The van der Waals surface area contributed by atoms with Crippen LogP contribution in [-0.2, 0) is 15.8 Å². The number of hydrogen-bond acceptors (Lipinski definition) is 3. The Balaban J connectivity index is 1.67. The van der Waals surface area contributed by atoms with Crippen LogP contribution in [0.5, 0.6) is 0 Å². The molecule has 0 saturated carbocycles. The fourth-order valence-electron chi connectivity index (χ4n) is 2.88. The van der Waals surface area contributed by atoms with Gasteiger partial charge in [0.25, 0.3) is 5.91 Å². The number of amides is 2. The Labute approximate surface area is 161 Å². The molecule has 3 rings (SSSR count). The van der Waals surface area contributed by atoms with Gasteiger partial charge in [-0.05, 0) is 36.8 Å². The Hall–Kier alpha value is -2.55. The summed E-state index contributed by atoms with van der Waals surface area (Å²) in [6.07, 6.45) is -4.28.